The molecule has 1 unspecified atom stereocenters. The van der Waals surface area contributed by atoms with E-state index in [2.05, 4.69) is 0 Å². The second-order valence-corrected chi connectivity index (χ2v) is 4.95. The number of amides is 1. The SMILES string of the molecule is CC(OC(=O)C(C)(C)C)N1CCCC1=O. The molecule has 0 bridgehead atoms. The molecule has 15 heavy (non-hydrogen) atoms. The molecule has 0 saturated carbocycles. The smallest absolute Gasteiger partial charge is 0.313 e. The molecule has 1 aliphatic heterocycles. The zero-order chi connectivity index (χ0) is 11.6. The van der Waals surface area contributed by atoms with Gasteiger partial charge in [-0.3, -0.25) is 9.59 Å². The standard InChI is InChI=1S/C11H19NO3/c1-8(12-7-5-6-9(12)13)15-10(14)11(2,3)4/h8H,5-7H2,1-4H3. The summed E-state index contributed by atoms with van der Waals surface area (Å²) in [5, 5.41) is 0. The average Bonchev–Trinajstić information content (AvgIpc) is 2.49. The van der Waals surface area contributed by atoms with Crippen LogP contribution >= 0.6 is 0 Å². The van der Waals surface area contributed by atoms with Crippen molar-refractivity contribution in [3.05, 3.63) is 0 Å². The first-order chi connectivity index (χ1) is 6.82. The molecule has 1 atom stereocenters. The van der Waals surface area contributed by atoms with Gasteiger partial charge in [-0.05, 0) is 34.1 Å². The van der Waals surface area contributed by atoms with Gasteiger partial charge < -0.3 is 9.64 Å². The highest BCUT2D eigenvalue weighted by Gasteiger charge is 2.30. The summed E-state index contributed by atoms with van der Waals surface area (Å²) in [4.78, 5) is 24.6. The first-order valence-electron chi connectivity index (χ1n) is 5.33. The Morgan fingerprint density at radius 2 is 2.07 bits per heavy atom. The molecule has 0 N–H and O–H groups in total. The molecule has 0 radical (unpaired) electrons. The van der Waals surface area contributed by atoms with Gasteiger partial charge in [0.25, 0.3) is 0 Å². The van der Waals surface area contributed by atoms with Crippen LogP contribution in [0.25, 0.3) is 0 Å². The van der Waals surface area contributed by atoms with Crippen molar-refractivity contribution < 1.29 is 14.3 Å². The second-order valence-electron chi connectivity index (χ2n) is 4.95. The Morgan fingerprint density at radius 3 is 2.47 bits per heavy atom. The summed E-state index contributed by atoms with van der Waals surface area (Å²) in [6.07, 6.45) is 0.986. The van der Waals surface area contributed by atoms with Crippen molar-refractivity contribution in [2.24, 2.45) is 5.41 Å². The fourth-order valence-electron chi connectivity index (χ4n) is 1.45. The van der Waals surface area contributed by atoms with Crippen molar-refractivity contribution in [1.29, 1.82) is 0 Å². The molecule has 0 aliphatic carbocycles. The summed E-state index contributed by atoms with van der Waals surface area (Å²) in [5.41, 5.74) is -0.517. The Kier molecular flexibility index (Phi) is 3.37. The number of nitrogens with zero attached hydrogens (tertiary/aromatic N) is 1. The molecule has 4 heteroatoms. The van der Waals surface area contributed by atoms with E-state index < -0.39 is 11.6 Å². The quantitative estimate of drug-likeness (QED) is 0.654. The van der Waals surface area contributed by atoms with E-state index in [1.54, 1.807) is 32.6 Å². The van der Waals surface area contributed by atoms with Crippen molar-refractivity contribution in [3.63, 3.8) is 0 Å². The van der Waals surface area contributed by atoms with Crippen molar-refractivity contribution in [2.45, 2.75) is 46.8 Å². The van der Waals surface area contributed by atoms with E-state index in [9.17, 15) is 9.59 Å². The lowest BCUT2D eigenvalue weighted by atomic mass is 9.97. The van der Waals surface area contributed by atoms with Gasteiger partial charge in [-0.15, -0.1) is 0 Å². The van der Waals surface area contributed by atoms with Gasteiger partial charge in [0.05, 0.1) is 5.41 Å². The van der Waals surface area contributed by atoms with Crippen LogP contribution in [0.3, 0.4) is 0 Å². The van der Waals surface area contributed by atoms with E-state index in [-0.39, 0.29) is 11.9 Å². The molecule has 1 saturated heterocycles. The maximum absolute atomic E-state index is 11.6. The molecule has 0 aromatic heterocycles. The van der Waals surface area contributed by atoms with Crippen molar-refractivity contribution >= 4 is 11.9 Å². The molecule has 0 spiro atoms. The lowest BCUT2D eigenvalue weighted by molar-refractivity contribution is -0.169. The number of rotatable bonds is 2. The summed E-state index contributed by atoms with van der Waals surface area (Å²) in [7, 11) is 0. The summed E-state index contributed by atoms with van der Waals surface area (Å²) in [6.45, 7) is 7.83. The third-order valence-corrected chi connectivity index (χ3v) is 2.44. The monoisotopic (exact) mass is 213 g/mol. The molecule has 0 aromatic carbocycles. The zero-order valence-electron chi connectivity index (χ0n) is 9.87. The molecule has 1 heterocycles. The number of likely N-dealkylation sites (tertiary alicyclic amines) is 1. The van der Waals surface area contributed by atoms with Gasteiger partial charge in [0.15, 0.2) is 6.23 Å². The molecule has 86 valence electrons. The fourth-order valence-corrected chi connectivity index (χ4v) is 1.45. The molecule has 1 rings (SSSR count). The molecule has 1 amide bonds. The summed E-state index contributed by atoms with van der Waals surface area (Å²) in [6, 6.07) is 0. The summed E-state index contributed by atoms with van der Waals surface area (Å²) < 4.78 is 5.24. The number of ether oxygens (including phenoxy) is 1. The van der Waals surface area contributed by atoms with Gasteiger partial charge in [-0.2, -0.15) is 0 Å². The Hall–Kier alpha value is -1.06. The molecule has 1 fully saturated rings. The first kappa shape index (κ1) is 12.0. The minimum atomic E-state index is -0.517. The van der Waals surface area contributed by atoms with Gasteiger partial charge in [-0.1, -0.05) is 0 Å². The average molecular weight is 213 g/mol. The summed E-state index contributed by atoms with van der Waals surface area (Å²) in [5.74, 6) is -0.195. The number of carbonyl (C=O) groups is 2. The third-order valence-electron chi connectivity index (χ3n) is 2.44. The van der Waals surface area contributed by atoms with Crippen LogP contribution in [-0.4, -0.2) is 29.5 Å². The van der Waals surface area contributed by atoms with Crippen LogP contribution < -0.4 is 0 Å². The topological polar surface area (TPSA) is 46.6 Å². The van der Waals surface area contributed by atoms with Crippen LogP contribution in [0, 0.1) is 5.41 Å². The van der Waals surface area contributed by atoms with Crippen LogP contribution in [0.4, 0.5) is 0 Å². The van der Waals surface area contributed by atoms with Gasteiger partial charge >= 0.3 is 5.97 Å². The normalized spacial score (nSPS) is 19.2. The largest absolute Gasteiger partial charge is 0.441 e. The van der Waals surface area contributed by atoms with E-state index in [0.29, 0.717) is 13.0 Å². The molecule has 0 aromatic rings. The first-order valence-corrected chi connectivity index (χ1v) is 5.33. The second kappa shape index (κ2) is 4.21. The van der Waals surface area contributed by atoms with Gasteiger partial charge in [0.2, 0.25) is 5.91 Å². The van der Waals surface area contributed by atoms with Crippen molar-refractivity contribution in [1.82, 2.24) is 4.90 Å². The maximum atomic E-state index is 11.6. The predicted molar refractivity (Wildman–Crippen MR) is 56.0 cm³/mol. The molecular weight excluding hydrogens is 194 g/mol. The molecule has 4 nitrogen and oxygen atoms in total. The zero-order valence-corrected chi connectivity index (χ0v) is 9.87. The molecule has 1 aliphatic rings. The van der Waals surface area contributed by atoms with Gasteiger partial charge in [-0.25, -0.2) is 0 Å². The highest BCUT2D eigenvalue weighted by atomic mass is 16.6. The van der Waals surface area contributed by atoms with Crippen LogP contribution in [-0.2, 0) is 14.3 Å². The van der Waals surface area contributed by atoms with E-state index in [1.165, 1.54) is 0 Å². The van der Waals surface area contributed by atoms with E-state index in [4.69, 9.17) is 4.74 Å². The van der Waals surface area contributed by atoms with Crippen LogP contribution in [0.5, 0.6) is 0 Å². The number of hydrogen-bond acceptors (Lipinski definition) is 3. The fraction of sp³-hybridized carbons (Fsp3) is 0.818. The van der Waals surface area contributed by atoms with Crippen LogP contribution in [0.2, 0.25) is 0 Å². The Labute approximate surface area is 90.6 Å². The van der Waals surface area contributed by atoms with Gasteiger partial charge in [0.1, 0.15) is 0 Å². The molecular formula is C11H19NO3. The minimum Gasteiger partial charge on any atom is -0.441 e. The summed E-state index contributed by atoms with van der Waals surface area (Å²) >= 11 is 0. The van der Waals surface area contributed by atoms with E-state index in [1.807, 2.05) is 0 Å². The van der Waals surface area contributed by atoms with E-state index in [0.717, 1.165) is 6.42 Å². The van der Waals surface area contributed by atoms with E-state index >= 15 is 0 Å². The Morgan fingerprint density at radius 1 is 1.47 bits per heavy atom. The van der Waals surface area contributed by atoms with Crippen LogP contribution in [0.1, 0.15) is 40.5 Å². The third kappa shape index (κ3) is 2.94. The number of carbonyl (C=O) groups excluding carboxylic acids is 2. The minimum absolute atomic E-state index is 0.0733. The number of hydrogen-bond donors (Lipinski definition) is 0. The van der Waals surface area contributed by atoms with Crippen molar-refractivity contribution in [3.8, 4) is 0 Å². The van der Waals surface area contributed by atoms with Gasteiger partial charge in [0, 0.05) is 13.0 Å². The number of esters is 1. The van der Waals surface area contributed by atoms with Crippen molar-refractivity contribution in [2.75, 3.05) is 6.54 Å². The predicted octanol–water partition coefficient (Wildman–Crippen LogP) is 1.54. The lowest BCUT2D eigenvalue weighted by Gasteiger charge is -2.27. The Bertz CT molecular complexity index is 267. The lowest BCUT2D eigenvalue weighted by Crippen LogP contribution is -2.39. The highest BCUT2D eigenvalue weighted by Crippen LogP contribution is 2.19. The highest BCUT2D eigenvalue weighted by molar-refractivity contribution is 5.79. The van der Waals surface area contributed by atoms with Crippen LogP contribution in [0.15, 0.2) is 0 Å². The maximum Gasteiger partial charge on any atom is 0.313 e. The Balaban J connectivity index is 2.52.